The highest BCUT2D eigenvalue weighted by Crippen LogP contribution is 2.40. The standard InChI is InChI=1S/C37H46N6O5S/c1-23-16-24(2)19-37(5,18-23)49(46,47)43-30-9-7-8-26(27(30)20-38-43)34-39-29-12-14-41(33(45)17-31(44)25-10-11-25)21-28(29)35(40-34)42-15-13-32(48-6)36(3,4)22-42/h7-9,16,18,20,25,32H,10-15,17,19,21-22H2,1-6H3/t32-,37?/m1/s1. The van der Waals surface area contributed by atoms with Gasteiger partial charge in [0.1, 0.15) is 16.3 Å². The highest BCUT2D eigenvalue weighted by Gasteiger charge is 2.42. The third kappa shape index (κ3) is 6.00. The molecule has 1 amide bonds. The van der Waals surface area contributed by atoms with Crippen molar-refractivity contribution in [2.75, 3.05) is 31.6 Å². The van der Waals surface area contributed by atoms with Gasteiger partial charge in [0, 0.05) is 61.0 Å². The molecule has 0 spiro atoms. The average Bonchev–Trinajstić information content (AvgIpc) is 3.80. The highest BCUT2D eigenvalue weighted by molar-refractivity contribution is 7.91. The predicted octanol–water partition coefficient (Wildman–Crippen LogP) is 5.23. The van der Waals surface area contributed by atoms with Gasteiger partial charge < -0.3 is 14.5 Å². The van der Waals surface area contributed by atoms with Gasteiger partial charge in [0.15, 0.2) is 5.82 Å². The summed E-state index contributed by atoms with van der Waals surface area (Å²) in [6.45, 7) is 12.2. The largest absolute Gasteiger partial charge is 0.381 e. The van der Waals surface area contributed by atoms with Crippen LogP contribution in [-0.4, -0.2) is 81.8 Å². The Kier molecular flexibility index (Phi) is 8.33. The lowest BCUT2D eigenvalue weighted by atomic mass is 9.81. The minimum atomic E-state index is -3.93. The van der Waals surface area contributed by atoms with Gasteiger partial charge in [0.2, 0.25) is 5.91 Å². The molecule has 2 aliphatic carbocycles. The predicted molar refractivity (Wildman–Crippen MR) is 188 cm³/mol. The zero-order valence-corrected chi connectivity index (χ0v) is 30.1. The van der Waals surface area contributed by atoms with E-state index in [9.17, 15) is 18.0 Å². The molecule has 7 rings (SSSR count). The smallest absolute Gasteiger partial charge is 0.263 e. The lowest BCUT2D eigenvalue weighted by molar-refractivity contribution is -0.136. The Morgan fingerprint density at radius 1 is 1.06 bits per heavy atom. The molecular formula is C37H46N6O5S. The van der Waals surface area contributed by atoms with Crippen molar-refractivity contribution in [1.82, 2.24) is 24.1 Å². The number of piperidine rings is 1. The van der Waals surface area contributed by atoms with E-state index in [2.05, 4.69) is 23.8 Å². The first kappa shape index (κ1) is 33.6. The Balaban J connectivity index is 1.29. The molecule has 1 saturated carbocycles. The van der Waals surface area contributed by atoms with Gasteiger partial charge in [0.25, 0.3) is 10.0 Å². The lowest BCUT2D eigenvalue weighted by Crippen LogP contribution is -2.50. The fourth-order valence-corrected chi connectivity index (χ4v) is 9.83. The molecule has 2 aromatic heterocycles. The number of carbonyl (C=O) groups excluding carboxylic acids is 2. The quantitative estimate of drug-likeness (QED) is 0.293. The normalized spacial score (nSPS) is 24.0. The summed E-state index contributed by atoms with van der Waals surface area (Å²) in [5, 5.41) is 5.11. The molecule has 12 heteroatoms. The Morgan fingerprint density at radius 2 is 1.84 bits per heavy atom. The number of carbonyl (C=O) groups is 2. The minimum absolute atomic E-state index is 0.0388. The SMILES string of the molecule is CO[C@@H]1CCN(c2nc(-c3cccc4c3cnn4S(=O)(=O)C3(C)C=C(C)C=C(C)C3)nc3c2CN(C(=O)CC(=O)C2CC2)CC3)CC1(C)C. The Bertz CT molecular complexity index is 2030. The lowest BCUT2D eigenvalue weighted by Gasteiger charge is -2.45. The summed E-state index contributed by atoms with van der Waals surface area (Å²) < 4.78 is 34.3. The van der Waals surface area contributed by atoms with Crippen LogP contribution in [-0.2, 0) is 37.3 Å². The van der Waals surface area contributed by atoms with E-state index in [4.69, 9.17) is 14.7 Å². The third-order valence-electron chi connectivity index (χ3n) is 10.7. The molecule has 3 aromatic rings. The van der Waals surface area contributed by atoms with E-state index in [-0.39, 0.29) is 35.5 Å². The fraction of sp³-hybridized carbons (Fsp3) is 0.541. The second-order valence-corrected chi connectivity index (χ2v) is 17.5. The molecule has 1 aromatic carbocycles. The topological polar surface area (TPSA) is 128 Å². The van der Waals surface area contributed by atoms with Gasteiger partial charge in [0.05, 0.1) is 36.5 Å². The van der Waals surface area contributed by atoms with E-state index >= 15 is 0 Å². The number of amides is 1. The first-order valence-corrected chi connectivity index (χ1v) is 18.7. The monoisotopic (exact) mass is 686 g/mol. The Hall–Kier alpha value is -3.90. The van der Waals surface area contributed by atoms with E-state index in [1.807, 2.05) is 38.1 Å². The molecule has 0 N–H and O–H groups in total. The summed E-state index contributed by atoms with van der Waals surface area (Å²) in [7, 11) is -2.17. The van der Waals surface area contributed by atoms with E-state index in [1.165, 1.54) is 0 Å². The summed E-state index contributed by atoms with van der Waals surface area (Å²) in [4.78, 5) is 40.1. The first-order valence-electron chi connectivity index (χ1n) is 17.3. The summed E-state index contributed by atoms with van der Waals surface area (Å²) in [5.74, 6) is 1.20. The third-order valence-corrected chi connectivity index (χ3v) is 12.9. The van der Waals surface area contributed by atoms with Gasteiger partial charge in [-0.3, -0.25) is 9.59 Å². The summed E-state index contributed by atoms with van der Waals surface area (Å²) in [6.07, 6.45) is 8.96. The van der Waals surface area contributed by atoms with Gasteiger partial charge in [-0.15, -0.1) is 0 Å². The number of nitrogens with zero attached hydrogens (tertiary/aromatic N) is 6. The summed E-state index contributed by atoms with van der Waals surface area (Å²) >= 11 is 0. The van der Waals surface area contributed by atoms with Crippen LogP contribution in [0.5, 0.6) is 0 Å². The van der Waals surface area contributed by atoms with Crippen LogP contribution in [0.15, 0.2) is 47.7 Å². The van der Waals surface area contributed by atoms with Crippen molar-refractivity contribution in [3.05, 3.63) is 59.0 Å². The van der Waals surface area contributed by atoms with Gasteiger partial charge >= 0.3 is 0 Å². The molecular weight excluding hydrogens is 641 g/mol. The zero-order chi connectivity index (χ0) is 34.9. The van der Waals surface area contributed by atoms with Crippen molar-refractivity contribution < 1.29 is 22.7 Å². The van der Waals surface area contributed by atoms with Gasteiger partial charge in [-0.25, -0.2) is 18.4 Å². The van der Waals surface area contributed by atoms with Crippen LogP contribution in [0.4, 0.5) is 5.82 Å². The van der Waals surface area contributed by atoms with Crippen molar-refractivity contribution in [2.24, 2.45) is 11.3 Å². The van der Waals surface area contributed by atoms with Crippen LogP contribution in [0.3, 0.4) is 0 Å². The number of fused-ring (bicyclic) bond motifs is 2. The molecule has 2 aliphatic heterocycles. The molecule has 49 heavy (non-hydrogen) atoms. The number of Topliss-reactive ketones (excluding diaryl/α,β-unsaturated/α-hetero) is 1. The maximum absolute atomic E-state index is 14.2. The molecule has 260 valence electrons. The van der Waals surface area contributed by atoms with Crippen molar-refractivity contribution in [3.8, 4) is 11.4 Å². The number of aromatic nitrogens is 4. The number of anilines is 1. The molecule has 2 fully saturated rings. The van der Waals surface area contributed by atoms with Crippen LogP contribution in [0.1, 0.15) is 78.0 Å². The van der Waals surface area contributed by atoms with Crippen molar-refractivity contribution in [3.63, 3.8) is 0 Å². The van der Waals surface area contributed by atoms with Crippen molar-refractivity contribution in [2.45, 2.75) is 90.5 Å². The van der Waals surface area contributed by atoms with E-state index < -0.39 is 14.8 Å². The molecule has 0 radical (unpaired) electrons. The molecule has 1 unspecified atom stereocenters. The minimum Gasteiger partial charge on any atom is -0.381 e. The second-order valence-electron chi connectivity index (χ2n) is 15.3. The number of methoxy groups -OCH3 is 1. The number of hydrogen-bond acceptors (Lipinski definition) is 9. The van der Waals surface area contributed by atoms with Crippen LogP contribution < -0.4 is 4.90 Å². The molecule has 2 atom stereocenters. The van der Waals surface area contributed by atoms with E-state index in [1.54, 1.807) is 31.2 Å². The second kappa shape index (κ2) is 12.2. The highest BCUT2D eigenvalue weighted by atomic mass is 32.2. The molecule has 4 heterocycles. The van der Waals surface area contributed by atoms with Gasteiger partial charge in [-0.2, -0.15) is 9.19 Å². The number of rotatable bonds is 8. The van der Waals surface area contributed by atoms with Crippen molar-refractivity contribution in [1.29, 1.82) is 0 Å². The summed E-state index contributed by atoms with van der Waals surface area (Å²) in [6, 6.07) is 5.52. The summed E-state index contributed by atoms with van der Waals surface area (Å²) in [5.41, 5.74) is 4.68. The van der Waals surface area contributed by atoms with E-state index in [0.29, 0.717) is 54.8 Å². The molecule has 11 nitrogen and oxygen atoms in total. The molecule has 1 saturated heterocycles. The first-order chi connectivity index (χ1) is 23.2. The number of ketones is 1. The number of hydrogen-bond donors (Lipinski definition) is 0. The van der Waals surface area contributed by atoms with Crippen molar-refractivity contribution >= 4 is 38.4 Å². The maximum atomic E-state index is 14.2. The fourth-order valence-electron chi connectivity index (χ4n) is 8.10. The molecule has 4 aliphatic rings. The number of ether oxygens (including phenoxy) is 1. The van der Waals surface area contributed by atoms with Crippen LogP contribution in [0, 0.1) is 11.3 Å². The van der Waals surface area contributed by atoms with Crippen LogP contribution >= 0.6 is 0 Å². The maximum Gasteiger partial charge on any atom is 0.263 e. The average molecular weight is 687 g/mol. The zero-order valence-electron chi connectivity index (χ0n) is 29.3. The Labute approximate surface area is 288 Å². The number of benzene rings is 1. The van der Waals surface area contributed by atoms with Crippen LogP contribution in [0.2, 0.25) is 0 Å². The van der Waals surface area contributed by atoms with Gasteiger partial charge in [-0.1, -0.05) is 49.3 Å². The van der Waals surface area contributed by atoms with Crippen LogP contribution in [0.25, 0.3) is 22.3 Å². The van der Waals surface area contributed by atoms with E-state index in [0.717, 1.165) is 58.1 Å². The Morgan fingerprint density at radius 3 is 2.53 bits per heavy atom. The molecule has 0 bridgehead atoms. The van der Waals surface area contributed by atoms with Gasteiger partial charge in [-0.05, 0) is 52.5 Å². The number of allylic oxidation sites excluding steroid dienone is 3.